The topological polar surface area (TPSA) is 86.7 Å². The molecule has 1 aliphatic heterocycles. The first-order valence-corrected chi connectivity index (χ1v) is 7.59. The molecule has 3 rings (SSSR count). The van der Waals surface area contributed by atoms with E-state index in [1.165, 1.54) is 0 Å². The van der Waals surface area contributed by atoms with Crippen molar-refractivity contribution in [2.75, 3.05) is 21.3 Å². The zero-order valence-electron chi connectivity index (χ0n) is 14.2. The third-order valence-corrected chi connectivity index (χ3v) is 4.13. The maximum Gasteiger partial charge on any atom is 0.205 e. The summed E-state index contributed by atoms with van der Waals surface area (Å²) < 4.78 is 21.6. The van der Waals surface area contributed by atoms with Gasteiger partial charge in [0.1, 0.15) is 34.6 Å². The lowest BCUT2D eigenvalue weighted by atomic mass is 9.83. The maximum absolute atomic E-state index is 9.62. The fraction of sp³-hybridized carbons (Fsp3) is 0.211. The largest absolute Gasteiger partial charge is 0.497 e. The van der Waals surface area contributed by atoms with Crippen LogP contribution in [0.4, 0.5) is 0 Å². The summed E-state index contributed by atoms with van der Waals surface area (Å²) in [6.07, 6.45) is 0. The number of ether oxygens (including phenoxy) is 4. The molecule has 2 aromatic rings. The Morgan fingerprint density at radius 3 is 2.16 bits per heavy atom. The van der Waals surface area contributed by atoms with Crippen molar-refractivity contribution in [1.82, 2.24) is 0 Å². The molecule has 0 amide bonds. The Balaban J connectivity index is 2.22. The lowest BCUT2D eigenvalue weighted by Crippen LogP contribution is -2.21. The number of hydrogen-bond acceptors (Lipinski definition) is 6. The highest BCUT2D eigenvalue weighted by Crippen LogP contribution is 2.44. The van der Waals surface area contributed by atoms with Crippen LogP contribution < -0.4 is 24.7 Å². The van der Waals surface area contributed by atoms with Crippen molar-refractivity contribution < 1.29 is 18.9 Å². The molecule has 2 N–H and O–H groups in total. The van der Waals surface area contributed by atoms with Crippen LogP contribution in [0.3, 0.4) is 0 Å². The van der Waals surface area contributed by atoms with Crippen molar-refractivity contribution in [2.45, 2.75) is 5.92 Å². The number of nitrogens with zero attached hydrogens (tertiary/aromatic N) is 1. The summed E-state index contributed by atoms with van der Waals surface area (Å²) in [5.74, 6) is 2.16. The van der Waals surface area contributed by atoms with Crippen molar-refractivity contribution in [3.05, 3.63) is 59.0 Å². The molecule has 0 saturated carbocycles. The maximum atomic E-state index is 9.62. The summed E-state index contributed by atoms with van der Waals surface area (Å²) >= 11 is 0. The Kier molecular flexibility index (Phi) is 4.40. The van der Waals surface area contributed by atoms with Crippen LogP contribution in [0, 0.1) is 11.3 Å². The normalized spacial score (nSPS) is 15.7. The second kappa shape index (κ2) is 6.65. The molecule has 6 nitrogen and oxygen atoms in total. The zero-order chi connectivity index (χ0) is 18.0. The predicted molar refractivity (Wildman–Crippen MR) is 91.8 cm³/mol. The van der Waals surface area contributed by atoms with Gasteiger partial charge in [-0.3, -0.25) is 0 Å². The van der Waals surface area contributed by atoms with Gasteiger partial charge in [0.15, 0.2) is 0 Å². The van der Waals surface area contributed by atoms with E-state index < -0.39 is 0 Å². The van der Waals surface area contributed by atoms with Crippen molar-refractivity contribution in [3.63, 3.8) is 0 Å². The highest BCUT2D eigenvalue weighted by atomic mass is 16.5. The van der Waals surface area contributed by atoms with Gasteiger partial charge in [-0.15, -0.1) is 0 Å². The number of hydrogen-bond donors (Lipinski definition) is 1. The zero-order valence-corrected chi connectivity index (χ0v) is 14.2. The summed E-state index contributed by atoms with van der Waals surface area (Å²) in [6.45, 7) is 0. The van der Waals surface area contributed by atoms with E-state index in [1.54, 1.807) is 33.5 Å². The Bertz CT molecular complexity index is 861. The van der Waals surface area contributed by atoms with E-state index in [0.29, 0.717) is 28.6 Å². The molecule has 1 aliphatic rings. The molecule has 0 radical (unpaired) electrons. The van der Waals surface area contributed by atoms with Gasteiger partial charge in [0.2, 0.25) is 5.88 Å². The molecule has 0 spiro atoms. The Morgan fingerprint density at radius 2 is 1.60 bits per heavy atom. The molecular weight excluding hydrogens is 320 g/mol. The van der Waals surface area contributed by atoms with Crippen LogP contribution >= 0.6 is 0 Å². The number of fused-ring (bicyclic) bond motifs is 1. The summed E-state index contributed by atoms with van der Waals surface area (Å²) in [7, 11) is 4.74. The number of nitrogens with two attached hydrogens (primary N) is 1. The first kappa shape index (κ1) is 16.5. The van der Waals surface area contributed by atoms with E-state index in [1.807, 2.05) is 24.3 Å². The number of benzene rings is 2. The lowest BCUT2D eigenvalue weighted by Gasteiger charge is -2.27. The first-order valence-electron chi connectivity index (χ1n) is 7.59. The van der Waals surface area contributed by atoms with Crippen LogP contribution in [0.2, 0.25) is 0 Å². The second-order valence-electron chi connectivity index (χ2n) is 5.47. The molecule has 6 heteroatoms. The van der Waals surface area contributed by atoms with Gasteiger partial charge in [-0.05, 0) is 23.8 Å². The summed E-state index contributed by atoms with van der Waals surface area (Å²) in [5.41, 5.74) is 7.98. The third kappa shape index (κ3) is 2.92. The molecule has 1 atom stereocenters. The van der Waals surface area contributed by atoms with E-state index in [0.717, 1.165) is 11.1 Å². The average Bonchev–Trinajstić information content (AvgIpc) is 2.65. The molecule has 1 heterocycles. The monoisotopic (exact) mass is 338 g/mol. The minimum Gasteiger partial charge on any atom is -0.497 e. The molecular formula is C19H18N2O4. The minimum absolute atomic E-state index is 0.0787. The van der Waals surface area contributed by atoms with E-state index in [2.05, 4.69) is 6.07 Å². The lowest BCUT2D eigenvalue weighted by molar-refractivity contribution is 0.379. The molecule has 25 heavy (non-hydrogen) atoms. The number of allylic oxidation sites excluding steroid dienone is 1. The van der Waals surface area contributed by atoms with Gasteiger partial charge in [0.25, 0.3) is 0 Å². The van der Waals surface area contributed by atoms with Gasteiger partial charge >= 0.3 is 0 Å². The van der Waals surface area contributed by atoms with Crippen molar-refractivity contribution >= 4 is 0 Å². The molecule has 2 aromatic carbocycles. The van der Waals surface area contributed by atoms with Crippen LogP contribution in [-0.4, -0.2) is 21.3 Å². The Morgan fingerprint density at radius 1 is 0.960 bits per heavy atom. The van der Waals surface area contributed by atoms with Gasteiger partial charge in [-0.1, -0.05) is 6.07 Å². The van der Waals surface area contributed by atoms with Crippen molar-refractivity contribution in [2.24, 2.45) is 5.73 Å². The molecule has 0 aliphatic carbocycles. The summed E-state index contributed by atoms with van der Waals surface area (Å²) in [6, 6.07) is 13.1. The van der Waals surface area contributed by atoms with Gasteiger partial charge in [0.05, 0.1) is 27.2 Å². The van der Waals surface area contributed by atoms with E-state index >= 15 is 0 Å². The molecule has 0 aromatic heterocycles. The highest BCUT2D eigenvalue weighted by Gasteiger charge is 2.31. The SMILES string of the molecule is COc1cc(OC)cc(C2C(C#N)=C(N)Oc3cc(OC)ccc32)c1. The van der Waals surface area contributed by atoms with Crippen molar-refractivity contribution in [3.8, 4) is 29.1 Å². The van der Waals surface area contributed by atoms with E-state index in [4.69, 9.17) is 24.7 Å². The quantitative estimate of drug-likeness (QED) is 0.922. The fourth-order valence-corrected chi connectivity index (χ4v) is 2.90. The molecule has 0 fully saturated rings. The molecule has 1 unspecified atom stereocenters. The van der Waals surface area contributed by atoms with Gasteiger partial charge in [-0.25, -0.2) is 0 Å². The van der Waals surface area contributed by atoms with Crippen LogP contribution in [0.1, 0.15) is 17.0 Å². The smallest absolute Gasteiger partial charge is 0.205 e. The standard InChI is InChI=1S/C19H18N2O4/c1-22-12-4-5-15-17(9-12)25-19(21)16(10-20)18(15)11-6-13(23-2)8-14(7-11)24-3/h4-9,18H,21H2,1-3H3. The number of nitriles is 1. The first-order chi connectivity index (χ1) is 12.1. The fourth-order valence-electron chi connectivity index (χ4n) is 2.90. The minimum atomic E-state index is -0.386. The van der Waals surface area contributed by atoms with Gasteiger partial charge in [-0.2, -0.15) is 5.26 Å². The Hall–Kier alpha value is -3.33. The van der Waals surface area contributed by atoms with Crippen molar-refractivity contribution in [1.29, 1.82) is 5.26 Å². The van der Waals surface area contributed by atoms with Gasteiger partial charge < -0.3 is 24.7 Å². The Labute approximate surface area is 146 Å². The van der Waals surface area contributed by atoms with Crippen LogP contribution in [-0.2, 0) is 0 Å². The van der Waals surface area contributed by atoms with E-state index in [-0.39, 0.29) is 11.8 Å². The molecule has 0 saturated heterocycles. The van der Waals surface area contributed by atoms with Gasteiger partial charge in [0, 0.05) is 17.7 Å². The predicted octanol–water partition coefficient (Wildman–Crippen LogP) is 2.93. The second-order valence-corrected chi connectivity index (χ2v) is 5.47. The number of rotatable bonds is 4. The third-order valence-electron chi connectivity index (χ3n) is 4.13. The highest BCUT2D eigenvalue weighted by molar-refractivity contribution is 5.58. The number of methoxy groups -OCH3 is 3. The average molecular weight is 338 g/mol. The molecule has 0 bridgehead atoms. The summed E-state index contributed by atoms with van der Waals surface area (Å²) in [5, 5.41) is 9.62. The van der Waals surface area contributed by atoms with Crippen LogP contribution in [0.25, 0.3) is 0 Å². The summed E-state index contributed by atoms with van der Waals surface area (Å²) in [4.78, 5) is 0. The molecule has 128 valence electrons. The van der Waals surface area contributed by atoms with Crippen LogP contribution in [0.15, 0.2) is 47.9 Å². The van der Waals surface area contributed by atoms with E-state index in [9.17, 15) is 5.26 Å². The van der Waals surface area contributed by atoms with Crippen LogP contribution in [0.5, 0.6) is 23.0 Å².